The van der Waals surface area contributed by atoms with Crippen LogP contribution in [0.4, 0.5) is 0 Å². The maximum absolute atomic E-state index is 12.9. The van der Waals surface area contributed by atoms with Crippen LogP contribution >= 0.6 is 0 Å². The molecule has 0 saturated carbocycles. The molecule has 0 aliphatic heterocycles. The molecule has 0 N–H and O–H groups in total. The van der Waals surface area contributed by atoms with E-state index < -0.39 is 6.10 Å². The van der Waals surface area contributed by atoms with Gasteiger partial charge in [-0.1, -0.05) is 373 Å². The van der Waals surface area contributed by atoms with E-state index in [2.05, 4.69) is 32.9 Å². The van der Waals surface area contributed by atoms with Gasteiger partial charge in [0.15, 0.2) is 6.10 Å². The Hall–Kier alpha value is -1.85. The van der Waals surface area contributed by atoms with Crippen LogP contribution < -0.4 is 0 Å². The summed E-state index contributed by atoms with van der Waals surface area (Å²) in [6.45, 7) is 6.70. The molecule has 0 amide bonds. The fourth-order valence-corrected chi connectivity index (χ4v) is 11.5. The first kappa shape index (κ1) is 78.1. The molecule has 6 heteroatoms. The van der Waals surface area contributed by atoms with Crippen LogP contribution in [0.3, 0.4) is 0 Å². The second-order valence-electron chi connectivity index (χ2n) is 25.2. The zero-order valence-corrected chi connectivity index (χ0v) is 54.6. The van der Waals surface area contributed by atoms with Gasteiger partial charge in [-0.2, -0.15) is 0 Å². The molecule has 1 unspecified atom stereocenters. The molecule has 1 atom stereocenters. The number of unbranched alkanes of at least 4 members (excludes halogenated alkanes) is 56. The normalized spacial score (nSPS) is 12.0. The number of hydrogen-bond donors (Lipinski definition) is 0. The van der Waals surface area contributed by atoms with Crippen molar-refractivity contribution in [2.45, 2.75) is 431 Å². The number of carbonyl (C=O) groups excluding carboxylic acids is 3. The van der Waals surface area contributed by atoms with Gasteiger partial charge in [0.05, 0.1) is 0 Å². The maximum Gasteiger partial charge on any atom is 0.306 e. The Morgan fingerprint density at radius 3 is 0.625 bits per heavy atom. The molecule has 0 aromatic carbocycles. The third-order valence-electron chi connectivity index (χ3n) is 17.0. The molecular weight excluding hydrogens is 985 g/mol. The zero-order valence-electron chi connectivity index (χ0n) is 54.6. The van der Waals surface area contributed by atoms with Crippen molar-refractivity contribution in [3.8, 4) is 0 Å². The first-order valence-corrected chi connectivity index (χ1v) is 36.7. The Morgan fingerprint density at radius 1 is 0.237 bits per heavy atom. The van der Waals surface area contributed by atoms with Crippen molar-refractivity contribution >= 4 is 17.9 Å². The van der Waals surface area contributed by atoms with Gasteiger partial charge in [0.2, 0.25) is 0 Å². The van der Waals surface area contributed by atoms with Crippen LogP contribution in [0.15, 0.2) is 12.2 Å². The summed E-state index contributed by atoms with van der Waals surface area (Å²) in [6, 6.07) is 0. The second-order valence-corrected chi connectivity index (χ2v) is 25.2. The molecule has 0 fully saturated rings. The molecule has 0 bridgehead atoms. The van der Waals surface area contributed by atoms with Gasteiger partial charge in [-0.15, -0.1) is 0 Å². The summed E-state index contributed by atoms with van der Waals surface area (Å²) in [5.74, 6) is -0.844. The van der Waals surface area contributed by atoms with Gasteiger partial charge in [-0.3, -0.25) is 14.4 Å². The van der Waals surface area contributed by atoms with Gasteiger partial charge >= 0.3 is 17.9 Å². The maximum atomic E-state index is 12.9. The molecule has 80 heavy (non-hydrogen) atoms. The van der Waals surface area contributed by atoms with E-state index in [-0.39, 0.29) is 31.1 Å². The van der Waals surface area contributed by atoms with Crippen LogP contribution in [-0.2, 0) is 28.6 Å². The molecular formula is C74H142O6. The second kappa shape index (κ2) is 69.6. The van der Waals surface area contributed by atoms with Crippen molar-refractivity contribution in [2.75, 3.05) is 13.2 Å². The summed E-state index contributed by atoms with van der Waals surface area (Å²) < 4.78 is 16.9. The number of esters is 3. The smallest absolute Gasteiger partial charge is 0.306 e. The molecule has 0 aromatic rings. The lowest BCUT2D eigenvalue weighted by Crippen LogP contribution is -2.30. The largest absolute Gasteiger partial charge is 0.462 e. The van der Waals surface area contributed by atoms with Crippen molar-refractivity contribution < 1.29 is 28.6 Å². The average Bonchev–Trinajstić information content (AvgIpc) is 3.46. The van der Waals surface area contributed by atoms with Crippen LogP contribution in [0.25, 0.3) is 0 Å². The lowest BCUT2D eigenvalue weighted by molar-refractivity contribution is -0.167. The minimum atomic E-state index is -0.770. The highest BCUT2D eigenvalue weighted by atomic mass is 16.6. The summed E-state index contributed by atoms with van der Waals surface area (Å²) in [4.78, 5) is 38.3. The van der Waals surface area contributed by atoms with E-state index in [0.29, 0.717) is 19.3 Å². The predicted molar refractivity (Wildman–Crippen MR) is 349 cm³/mol. The molecule has 0 aliphatic rings. The van der Waals surface area contributed by atoms with Crippen LogP contribution in [0, 0.1) is 0 Å². The standard InChI is InChI=1S/C74H142O6/c1-4-7-10-13-16-19-22-25-27-28-29-30-31-32-33-34-35-36-37-38-39-40-41-42-43-44-45-46-48-49-52-55-58-61-64-67-73(76)79-70-71(69-78-72(75)66-63-60-57-54-51-24-21-18-15-12-9-6-3)80-74(77)68-65-62-59-56-53-50-47-26-23-20-17-14-11-8-5-2/h26,47,71H,4-25,27-46,48-70H2,1-3H3/b47-26-. The summed E-state index contributed by atoms with van der Waals surface area (Å²) in [5, 5.41) is 0. The summed E-state index contributed by atoms with van der Waals surface area (Å²) in [5.41, 5.74) is 0. The van der Waals surface area contributed by atoms with Gasteiger partial charge in [-0.05, 0) is 44.9 Å². The van der Waals surface area contributed by atoms with Crippen LogP contribution in [0.5, 0.6) is 0 Å². The minimum Gasteiger partial charge on any atom is -0.462 e. The summed E-state index contributed by atoms with van der Waals surface area (Å²) in [6.07, 6.45) is 84.2. The summed E-state index contributed by atoms with van der Waals surface area (Å²) in [7, 11) is 0. The Labute approximate surface area is 501 Å². The lowest BCUT2D eigenvalue weighted by atomic mass is 10.0. The van der Waals surface area contributed by atoms with E-state index in [1.807, 2.05) is 0 Å². The molecule has 0 rings (SSSR count). The highest BCUT2D eigenvalue weighted by Gasteiger charge is 2.20. The molecule has 474 valence electrons. The van der Waals surface area contributed by atoms with Gasteiger partial charge < -0.3 is 14.2 Å². The van der Waals surface area contributed by atoms with Crippen LogP contribution in [-0.4, -0.2) is 37.2 Å². The van der Waals surface area contributed by atoms with Gasteiger partial charge in [-0.25, -0.2) is 0 Å². The fraction of sp³-hybridized carbons (Fsp3) is 0.932. The number of allylic oxidation sites excluding steroid dienone is 2. The third kappa shape index (κ3) is 66.9. The van der Waals surface area contributed by atoms with Crippen molar-refractivity contribution in [3.63, 3.8) is 0 Å². The molecule has 0 spiro atoms. The Morgan fingerprint density at radius 2 is 0.412 bits per heavy atom. The topological polar surface area (TPSA) is 78.9 Å². The molecule has 0 radical (unpaired) electrons. The number of rotatable bonds is 69. The fourth-order valence-electron chi connectivity index (χ4n) is 11.5. The Bertz CT molecular complexity index is 1250. The van der Waals surface area contributed by atoms with E-state index in [4.69, 9.17) is 14.2 Å². The number of carbonyl (C=O) groups is 3. The van der Waals surface area contributed by atoms with Gasteiger partial charge in [0.25, 0.3) is 0 Å². The van der Waals surface area contributed by atoms with Gasteiger partial charge in [0, 0.05) is 19.3 Å². The SMILES string of the molecule is CCCCCCCC/C=C\CCCCCCCC(=O)OC(COC(=O)CCCCCCCCCCCCCC)COC(=O)CCCCCCCCCCCCCCCCCCCCCCCCCCCCCCCCCCCCC. The molecule has 0 saturated heterocycles. The van der Waals surface area contributed by atoms with E-state index in [0.717, 1.165) is 64.2 Å². The van der Waals surface area contributed by atoms with Crippen LogP contribution in [0.1, 0.15) is 425 Å². The van der Waals surface area contributed by atoms with Crippen molar-refractivity contribution in [1.82, 2.24) is 0 Å². The van der Waals surface area contributed by atoms with Crippen molar-refractivity contribution in [2.24, 2.45) is 0 Å². The Balaban J connectivity index is 4.00. The molecule has 6 nitrogen and oxygen atoms in total. The highest BCUT2D eigenvalue weighted by molar-refractivity contribution is 5.71. The van der Waals surface area contributed by atoms with Crippen molar-refractivity contribution in [3.05, 3.63) is 12.2 Å². The minimum absolute atomic E-state index is 0.0669. The number of ether oxygens (including phenoxy) is 3. The van der Waals surface area contributed by atoms with E-state index >= 15 is 0 Å². The molecule has 0 heterocycles. The molecule has 0 aromatic heterocycles. The van der Waals surface area contributed by atoms with E-state index in [9.17, 15) is 14.4 Å². The van der Waals surface area contributed by atoms with Crippen LogP contribution in [0.2, 0.25) is 0 Å². The van der Waals surface area contributed by atoms with E-state index in [1.54, 1.807) is 0 Å². The highest BCUT2D eigenvalue weighted by Crippen LogP contribution is 2.19. The lowest BCUT2D eigenvalue weighted by Gasteiger charge is -2.18. The summed E-state index contributed by atoms with van der Waals surface area (Å²) >= 11 is 0. The Kier molecular flexibility index (Phi) is 68.0. The monoisotopic (exact) mass is 1130 g/mol. The quantitative estimate of drug-likeness (QED) is 0.0261. The first-order chi connectivity index (χ1) is 39.5. The van der Waals surface area contributed by atoms with E-state index in [1.165, 1.54) is 321 Å². The van der Waals surface area contributed by atoms with Gasteiger partial charge in [0.1, 0.15) is 13.2 Å². The predicted octanol–water partition coefficient (Wildman–Crippen LogP) is 25.2. The average molecular weight is 1130 g/mol. The van der Waals surface area contributed by atoms with Crippen molar-refractivity contribution in [1.29, 1.82) is 0 Å². The molecule has 0 aliphatic carbocycles. The third-order valence-corrected chi connectivity index (χ3v) is 17.0. The zero-order chi connectivity index (χ0) is 57.8. The first-order valence-electron chi connectivity index (χ1n) is 36.7. The number of hydrogen-bond acceptors (Lipinski definition) is 6.